The van der Waals surface area contributed by atoms with Crippen LogP contribution in [0.25, 0.3) is 22.5 Å². The fraction of sp³-hybridized carbons (Fsp3) is 0.231. The molecule has 1 amide bonds. The minimum atomic E-state index is -3.01. The number of rotatable bonds is 6. The summed E-state index contributed by atoms with van der Waals surface area (Å²) < 4.78 is 28.9. The first-order valence-corrected chi connectivity index (χ1v) is 11.1. The SMILES string of the molecule is CCC(F)(F)c1cccc(NC(=O)c2c(C)nc(-c3cccc(-c4c(C)ncnc4C)c3)n2O)c1. The molecule has 0 atom stereocenters. The average molecular weight is 478 g/mol. The van der Waals surface area contributed by atoms with Gasteiger partial charge in [0.05, 0.1) is 5.69 Å². The lowest BCUT2D eigenvalue weighted by molar-refractivity contribution is -0.00824. The smallest absolute Gasteiger partial charge is 0.277 e. The van der Waals surface area contributed by atoms with Gasteiger partial charge in [0.2, 0.25) is 0 Å². The maximum Gasteiger partial charge on any atom is 0.277 e. The van der Waals surface area contributed by atoms with E-state index in [2.05, 4.69) is 20.3 Å². The van der Waals surface area contributed by atoms with Gasteiger partial charge in [0.15, 0.2) is 11.5 Å². The second-order valence-corrected chi connectivity index (χ2v) is 8.27. The summed E-state index contributed by atoms with van der Waals surface area (Å²) in [5, 5.41) is 13.4. The molecule has 0 aliphatic rings. The van der Waals surface area contributed by atoms with Crippen LogP contribution in [-0.4, -0.2) is 30.8 Å². The van der Waals surface area contributed by atoms with Gasteiger partial charge in [-0.15, -0.1) is 0 Å². The van der Waals surface area contributed by atoms with E-state index < -0.39 is 11.8 Å². The Kier molecular flexibility index (Phi) is 6.34. The van der Waals surface area contributed by atoms with Crippen molar-refractivity contribution >= 4 is 11.6 Å². The quantitative estimate of drug-likeness (QED) is 0.336. The van der Waals surface area contributed by atoms with Gasteiger partial charge in [-0.2, -0.15) is 4.73 Å². The highest BCUT2D eigenvalue weighted by molar-refractivity contribution is 6.04. The molecule has 4 rings (SSSR count). The van der Waals surface area contributed by atoms with E-state index in [1.54, 1.807) is 13.0 Å². The molecule has 2 aromatic carbocycles. The maximum absolute atomic E-state index is 14.1. The lowest BCUT2D eigenvalue weighted by Gasteiger charge is -2.15. The Balaban J connectivity index is 1.67. The third-order valence-corrected chi connectivity index (χ3v) is 5.87. The first kappa shape index (κ1) is 24.0. The number of carbonyl (C=O) groups is 1. The van der Waals surface area contributed by atoms with E-state index in [0.717, 1.165) is 27.2 Å². The largest absolute Gasteiger partial charge is 0.426 e. The molecule has 4 aromatic rings. The van der Waals surface area contributed by atoms with Gasteiger partial charge in [-0.3, -0.25) is 4.79 Å². The maximum atomic E-state index is 14.1. The number of nitrogens with zero attached hydrogens (tertiary/aromatic N) is 4. The van der Waals surface area contributed by atoms with Gasteiger partial charge in [0.1, 0.15) is 6.33 Å². The molecule has 0 radical (unpaired) electrons. The standard InChI is InChI=1S/C26H25F2N5O2/c1-5-26(27,28)20-10-7-11-21(13-20)32-25(34)23-17(4)31-24(33(23)35)19-9-6-8-18(12-19)22-15(2)29-14-30-16(22)3/h6-14,35H,5H2,1-4H3,(H,32,34). The third-order valence-electron chi connectivity index (χ3n) is 5.87. The minimum absolute atomic E-state index is 0.0894. The molecule has 0 fully saturated rings. The molecule has 7 nitrogen and oxygen atoms in total. The normalized spacial score (nSPS) is 11.5. The number of imidazole rings is 1. The predicted octanol–water partition coefficient (Wildman–Crippen LogP) is 5.92. The zero-order valence-electron chi connectivity index (χ0n) is 19.8. The summed E-state index contributed by atoms with van der Waals surface area (Å²) in [6.07, 6.45) is 1.15. The van der Waals surface area contributed by atoms with Crippen LogP contribution in [0.4, 0.5) is 14.5 Å². The first-order chi connectivity index (χ1) is 16.6. The summed E-state index contributed by atoms with van der Waals surface area (Å²) >= 11 is 0. The molecule has 35 heavy (non-hydrogen) atoms. The lowest BCUT2D eigenvalue weighted by Crippen LogP contribution is -2.18. The van der Waals surface area contributed by atoms with Crippen LogP contribution in [0.3, 0.4) is 0 Å². The van der Waals surface area contributed by atoms with E-state index in [9.17, 15) is 18.8 Å². The number of hydrogen-bond acceptors (Lipinski definition) is 5. The summed E-state index contributed by atoms with van der Waals surface area (Å²) in [4.78, 5) is 25.9. The van der Waals surface area contributed by atoms with E-state index in [1.165, 1.54) is 37.5 Å². The Morgan fingerprint density at radius 3 is 2.34 bits per heavy atom. The molecule has 9 heteroatoms. The van der Waals surface area contributed by atoms with E-state index in [0.29, 0.717) is 5.56 Å². The summed E-state index contributed by atoms with van der Waals surface area (Å²) in [5.74, 6) is -3.50. The Morgan fingerprint density at radius 1 is 1.00 bits per heavy atom. The van der Waals surface area contributed by atoms with Crippen LogP contribution in [0.1, 0.15) is 46.5 Å². The van der Waals surface area contributed by atoms with Gasteiger partial charge in [-0.25, -0.2) is 23.7 Å². The number of benzene rings is 2. The van der Waals surface area contributed by atoms with Gasteiger partial charge >= 0.3 is 0 Å². The summed E-state index contributed by atoms with van der Waals surface area (Å²) in [6, 6.07) is 12.8. The molecular formula is C26H25F2N5O2. The molecule has 0 bridgehead atoms. The second-order valence-electron chi connectivity index (χ2n) is 8.27. The van der Waals surface area contributed by atoms with Crippen molar-refractivity contribution in [1.29, 1.82) is 0 Å². The number of nitrogens with one attached hydrogen (secondary N) is 1. The Labute approximate surface area is 201 Å². The molecule has 2 heterocycles. The number of amides is 1. The Hall–Kier alpha value is -4.14. The molecular weight excluding hydrogens is 452 g/mol. The molecule has 180 valence electrons. The van der Waals surface area contributed by atoms with Crippen LogP contribution < -0.4 is 5.32 Å². The van der Waals surface area contributed by atoms with Crippen LogP contribution in [0.15, 0.2) is 54.9 Å². The van der Waals surface area contributed by atoms with Crippen LogP contribution in [-0.2, 0) is 5.92 Å². The van der Waals surface area contributed by atoms with Gasteiger partial charge in [-0.05, 0) is 44.5 Å². The third kappa shape index (κ3) is 4.62. The van der Waals surface area contributed by atoms with Crippen molar-refractivity contribution in [3.8, 4) is 22.5 Å². The van der Waals surface area contributed by atoms with E-state index in [1.807, 2.05) is 32.0 Å². The van der Waals surface area contributed by atoms with Crippen molar-refractivity contribution in [1.82, 2.24) is 19.7 Å². The number of halogens is 2. The number of alkyl halides is 2. The number of aromatic nitrogens is 4. The summed E-state index contributed by atoms with van der Waals surface area (Å²) in [7, 11) is 0. The highest BCUT2D eigenvalue weighted by atomic mass is 19.3. The topological polar surface area (TPSA) is 92.9 Å². The summed E-state index contributed by atoms with van der Waals surface area (Å²) in [6.45, 7) is 6.77. The van der Waals surface area contributed by atoms with Crippen molar-refractivity contribution in [3.63, 3.8) is 0 Å². The van der Waals surface area contributed by atoms with Crippen molar-refractivity contribution in [2.75, 3.05) is 5.32 Å². The Bertz CT molecular complexity index is 1390. The number of aryl methyl sites for hydroxylation is 3. The van der Waals surface area contributed by atoms with Crippen LogP contribution in [0.2, 0.25) is 0 Å². The van der Waals surface area contributed by atoms with E-state index in [4.69, 9.17) is 0 Å². The van der Waals surface area contributed by atoms with Crippen molar-refractivity contribution in [2.45, 2.75) is 40.0 Å². The lowest BCUT2D eigenvalue weighted by atomic mass is 10.0. The summed E-state index contributed by atoms with van der Waals surface area (Å²) in [5.41, 5.74) is 4.13. The fourth-order valence-electron chi connectivity index (χ4n) is 4.01. The molecule has 0 aliphatic heterocycles. The predicted molar refractivity (Wildman–Crippen MR) is 129 cm³/mol. The van der Waals surface area contributed by atoms with Gasteiger partial charge in [0.25, 0.3) is 11.8 Å². The van der Waals surface area contributed by atoms with Gasteiger partial charge < -0.3 is 10.5 Å². The highest BCUT2D eigenvalue weighted by Gasteiger charge is 2.29. The molecule has 2 aromatic heterocycles. The minimum Gasteiger partial charge on any atom is -0.426 e. The fourth-order valence-corrected chi connectivity index (χ4v) is 4.01. The molecule has 0 saturated carbocycles. The van der Waals surface area contributed by atoms with Crippen molar-refractivity contribution in [2.24, 2.45) is 0 Å². The second kappa shape index (κ2) is 9.25. The molecule has 0 unspecified atom stereocenters. The number of anilines is 1. The van der Waals surface area contributed by atoms with E-state index in [-0.39, 0.29) is 34.9 Å². The van der Waals surface area contributed by atoms with Crippen molar-refractivity contribution < 1.29 is 18.8 Å². The molecule has 0 aliphatic carbocycles. The molecule has 0 saturated heterocycles. The number of hydrogen-bond donors (Lipinski definition) is 2. The van der Waals surface area contributed by atoms with E-state index >= 15 is 0 Å². The molecule has 0 spiro atoms. The number of carbonyl (C=O) groups excluding carboxylic acids is 1. The van der Waals surface area contributed by atoms with Crippen LogP contribution in [0, 0.1) is 20.8 Å². The van der Waals surface area contributed by atoms with Crippen LogP contribution in [0.5, 0.6) is 0 Å². The zero-order valence-corrected chi connectivity index (χ0v) is 19.8. The molecule has 2 N–H and O–H groups in total. The Morgan fingerprint density at radius 2 is 1.66 bits per heavy atom. The zero-order chi connectivity index (χ0) is 25.3. The first-order valence-electron chi connectivity index (χ1n) is 11.1. The van der Waals surface area contributed by atoms with Crippen LogP contribution >= 0.6 is 0 Å². The highest BCUT2D eigenvalue weighted by Crippen LogP contribution is 2.33. The van der Waals surface area contributed by atoms with Gasteiger partial charge in [0, 0.05) is 40.2 Å². The average Bonchev–Trinajstić information content (AvgIpc) is 3.13. The van der Waals surface area contributed by atoms with Gasteiger partial charge in [-0.1, -0.05) is 37.3 Å². The van der Waals surface area contributed by atoms with Crippen molar-refractivity contribution in [3.05, 3.63) is 83.2 Å². The monoisotopic (exact) mass is 477 g/mol.